The third kappa shape index (κ3) is 4.61. The molecule has 33 heavy (non-hydrogen) atoms. The Bertz CT molecular complexity index is 917. The number of hydrogen-bond acceptors (Lipinski definition) is 3. The molecule has 4 aliphatic rings. The van der Waals surface area contributed by atoms with Gasteiger partial charge in [0.2, 0.25) is 0 Å². The Balaban J connectivity index is 1.32. The van der Waals surface area contributed by atoms with Crippen LogP contribution in [0.5, 0.6) is 0 Å². The summed E-state index contributed by atoms with van der Waals surface area (Å²) in [5, 5.41) is 0. The molecule has 6 rings (SSSR count). The van der Waals surface area contributed by atoms with Crippen LogP contribution in [0.3, 0.4) is 0 Å². The van der Waals surface area contributed by atoms with Crippen molar-refractivity contribution < 1.29 is 14.0 Å². The predicted octanol–water partition coefficient (Wildman–Crippen LogP) is 4.78. The van der Waals surface area contributed by atoms with Crippen molar-refractivity contribution >= 4 is 5.97 Å². The lowest BCUT2D eigenvalue weighted by atomic mass is 9.82. The maximum Gasteiger partial charge on any atom is 0.331 e. The van der Waals surface area contributed by atoms with Crippen molar-refractivity contribution in [2.24, 2.45) is 5.92 Å². The number of esters is 1. The summed E-state index contributed by atoms with van der Waals surface area (Å²) in [6.45, 7) is 8.61. The number of hydrogen-bond donors (Lipinski definition) is 0. The van der Waals surface area contributed by atoms with Crippen molar-refractivity contribution in [2.45, 2.75) is 57.1 Å². The average molecular weight is 448 g/mol. The molecular formula is C29H39N2O2+. The lowest BCUT2D eigenvalue weighted by Gasteiger charge is -2.53. The van der Waals surface area contributed by atoms with Crippen LogP contribution in [0.2, 0.25) is 0 Å². The number of carbonyl (C=O) groups excluding carboxylic acids is 1. The number of ether oxygens (including phenoxy) is 1. The number of fused-ring (bicyclic) bond motifs is 3. The quantitative estimate of drug-likeness (QED) is 0.452. The standard InChI is InChI=1S/C29H39N2O2/c1-29(26-13-7-3-8-14-26,30-18-9-4-10-19-30)28(32)33-27-23-31(21-16-25(27)17-22-31)20-15-24-11-5-2-6-12-24/h2-3,5-8,11-14,25,27H,4,9-10,15-23H2,1H3/q+1/t25?,27-,29-,31?/m0/s1. The fraction of sp³-hybridized carbons (Fsp3) is 0.552. The van der Waals surface area contributed by atoms with Crippen LogP contribution in [-0.4, -0.2) is 60.7 Å². The third-order valence-corrected chi connectivity index (χ3v) is 8.74. The first-order valence-corrected chi connectivity index (χ1v) is 13.0. The van der Waals surface area contributed by atoms with E-state index in [1.54, 1.807) is 0 Å². The molecule has 0 N–H and O–H groups in total. The van der Waals surface area contributed by atoms with Gasteiger partial charge in [0.15, 0.2) is 6.10 Å². The summed E-state index contributed by atoms with van der Waals surface area (Å²) in [6, 6.07) is 21.1. The summed E-state index contributed by atoms with van der Waals surface area (Å²) in [6.07, 6.45) is 7.06. The van der Waals surface area contributed by atoms with Gasteiger partial charge in [-0.25, -0.2) is 4.79 Å². The van der Waals surface area contributed by atoms with E-state index in [1.165, 1.54) is 37.9 Å². The molecule has 176 valence electrons. The second-order valence-electron chi connectivity index (χ2n) is 10.7. The normalized spacial score (nSPS) is 29.4. The van der Waals surface area contributed by atoms with E-state index >= 15 is 0 Å². The van der Waals surface area contributed by atoms with E-state index < -0.39 is 5.54 Å². The number of benzene rings is 2. The van der Waals surface area contributed by atoms with Crippen molar-refractivity contribution in [1.82, 2.24) is 4.90 Å². The van der Waals surface area contributed by atoms with E-state index in [0.717, 1.165) is 55.5 Å². The van der Waals surface area contributed by atoms with Crippen LogP contribution in [0.15, 0.2) is 60.7 Å². The summed E-state index contributed by atoms with van der Waals surface area (Å²) < 4.78 is 7.59. The maximum absolute atomic E-state index is 13.9. The molecule has 4 nitrogen and oxygen atoms in total. The predicted molar refractivity (Wildman–Crippen MR) is 132 cm³/mol. The highest BCUT2D eigenvalue weighted by molar-refractivity contribution is 5.82. The SMILES string of the molecule is C[C@@](C(=O)O[C@H]1C[N+]2(CCc3ccccc3)CCC1CC2)(c1ccccc1)N1CCCCC1. The summed E-state index contributed by atoms with van der Waals surface area (Å²) in [5.41, 5.74) is 1.77. The summed E-state index contributed by atoms with van der Waals surface area (Å²) in [5.74, 6) is 0.475. The van der Waals surface area contributed by atoms with Crippen molar-refractivity contribution in [3.05, 3.63) is 71.8 Å². The number of likely N-dealkylation sites (tertiary alicyclic amines) is 1. The van der Waals surface area contributed by atoms with Gasteiger partial charge in [0, 0.05) is 25.2 Å². The van der Waals surface area contributed by atoms with Gasteiger partial charge in [0.05, 0.1) is 19.6 Å². The van der Waals surface area contributed by atoms with Crippen LogP contribution >= 0.6 is 0 Å². The van der Waals surface area contributed by atoms with Crippen LogP contribution in [0.25, 0.3) is 0 Å². The number of piperidine rings is 4. The number of rotatable bonds is 7. The molecule has 2 aromatic carbocycles. The molecule has 0 radical (unpaired) electrons. The van der Waals surface area contributed by atoms with Crippen LogP contribution in [-0.2, 0) is 21.5 Å². The fourth-order valence-corrected chi connectivity index (χ4v) is 6.47. The first-order chi connectivity index (χ1) is 16.1. The van der Waals surface area contributed by atoms with Crippen molar-refractivity contribution in [1.29, 1.82) is 0 Å². The average Bonchev–Trinajstić information content (AvgIpc) is 2.89. The van der Waals surface area contributed by atoms with Gasteiger partial charge in [0.1, 0.15) is 12.1 Å². The molecule has 0 spiro atoms. The van der Waals surface area contributed by atoms with Crippen molar-refractivity contribution in [3.63, 3.8) is 0 Å². The fourth-order valence-electron chi connectivity index (χ4n) is 6.47. The second kappa shape index (κ2) is 9.60. The van der Waals surface area contributed by atoms with Crippen LogP contribution in [0.4, 0.5) is 0 Å². The van der Waals surface area contributed by atoms with Gasteiger partial charge < -0.3 is 9.22 Å². The Hall–Kier alpha value is -2.17. The highest BCUT2D eigenvalue weighted by Crippen LogP contribution is 2.38. The number of carbonyl (C=O) groups is 1. The first kappa shape index (κ1) is 22.6. The Morgan fingerprint density at radius 3 is 2.27 bits per heavy atom. The maximum atomic E-state index is 13.9. The molecule has 2 aromatic rings. The minimum atomic E-state index is -0.706. The number of nitrogens with zero attached hydrogens (tertiary/aromatic N) is 2. The lowest BCUT2D eigenvalue weighted by molar-refractivity contribution is -0.946. The van der Waals surface area contributed by atoms with E-state index in [0.29, 0.717) is 5.92 Å². The molecule has 4 saturated heterocycles. The molecule has 0 aromatic heterocycles. The number of quaternary nitrogens is 1. The Morgan fingerprint density at radius 2 is 1.61 bits per heavy atom. The molecule has 0 unspecified atom stereocenters. The second-order valence-corrected chi connectivity index (χ2v) is 10.7. The van der Waals surface area contributed by atoms with Gasteiger partial charge in [0.25, 0.3) is 0 Å². The van der Waals surface area contributed by atoms with E-state index in [9.17, 15) is 4.79 Å². The summed E-state index contributed by atoms with van der Waals surface area (Å²) >= 11 is 0. The van der Waals surface area contributed by atoms with Gasteiger partial charge in [-0.05, 0) is 44.0 Å². The monoisotopic (exact) mass is 447 g/mol. The largest absolute Gasteiger partial charge is 0.454 e. The van der Waals surface area contributed by atoms with Crippen LogP contribution < -0.4 is 0 Å². The zero-order valence-corrected chi connectivity index (χ0v) is 20.1. The first-order valence-electron chi connectivity index (χ1n) is 13.0. The van der Waals surface area contributed by atoms with Gasteiger partial charge >= 0.3 is 5.97 Å². The molecule has 0 amide bonds. The molecule has 4 aliphatic heterocycles. The summed E-state index contributed by atoms with van der Waals surface area (Å²) in [7, 11) is 0. The van der Waals surface area contributed by atoms with Gasteiger partial charge in [-0.1, -0.05) is 67.1 Å². The minimum Gasteiger partial charge on any atom is -0.454 e. The van der Waals surface area contributed by atoms with E-state index in [-0.39, 0.29) is 12.1 Å². The lowest BCUT2D eigenvalue weighted by Crippen LogP contribution is -2.65. The minimum absolute atomic E-state index is 0.0450. The molecule has 0 saturated carbocycles. The molecule has 4 heteroatoms. The molecule has 4 fully saturated rings. The van der Waals surface area contributed by atoms with Gasteiger partial charge in [-0.3, -0.25) is 4.90 Å². The summed E-state index contributed by atoms with van der Waals surface area (Å²) in [4.78, 5) is 16.3. The van der Waals surface area contributed by atoms with Gasteiger partial charge in [-0.15, -0.1) is 0 Å². The van der Waals surface area contributed by atoms with E-state index in [4.69, 9.17) is 4.74 Å². The Labute approximate surface area is 199 Å². The highest BCUT2D eigenvalue weighted by atomic mass is 16.5. The van der Waals surface area contributed by atoms with E-state index in [2.05, 4.69) is 54.3 Å². The smallest absolute Gasteiger partial charge is 0.331 e. The highest BCUT2D eigenvalue weighted by Gasteiger charge is 2.50. The molecule has 2 atom stereocenters. The van der Waals surface area contributed by atoms with Gasteiger partial charge in [-0.2, -0.15) is 0 Å². The van der Waals surface area contributed by atoms with E-state index in [1.807, 2.05) is 18.2 Å². The molecule has 2 bridgehead atoms. The van der Waals surface area contributed by atoms with Crippen molar-refractivity contribution in [3.8, 4) is 0 Å². The Morgan fingerprint density at radius 1 is 0.970 bits per heavy atom. The van der Waals surface area contributed by atoms with Crippen LogP contribution in [0, 0.1) is 5.92 Å². The third-order valence-electron chi connectivity index (χ3n) is 8.74. The molecule has 4 heterocycles. The topological polar surface area (TPSA) is 29.5 Å². The Kier molecular flexibility index (Phi) is 6.58. The van der Waals surface area contributed by atoms with Crippen molar-refractivity contribution in [2.75, 3.05) is 39.3 Å². The molecule has 0 aliphatic carbocycles. The molecular weight excluding hydrogens is 408 g/mol. The van der Waals surface area contributed by atoms with Crippen LogP contribution in [0.1, 0.15) is 50.2 Å². The zero-order valence-electron chi connectivity index (χ0n) is 20.1. The zero-order chi connectivity index (χ0) is 22.7.